The van der Waals surface area contributed by atoms with Crippen LogP contribution < -0.4 is 5.32 Å². The van der Waals surface area contributed by atoms with Crippen molar-refractivity contribution in [1.29, 1.82) is 0 Å². The standard InChI is InChI=1S/C12H16F2N4O2/c13-9(14)10-16-8(20-17-10)7-15-11(19)18-6-5-12(18)3-1-2-4-12/h9H,1-7H2,(H,15,19). The number of amides is 2. The molecule has 1 saturated carbocycles. The summed E-state index contributed by atoms with van der Waals surface area (Å²) in [5, 5.41) is 5.79. The lowest BCUT2D eigenvalue weighted by molar-refractivity contribution is 0.0286. The minimum Gasteiger partial charge on any atom is -0.337 e. The predicted molar refractivity (Wildman–Crippen MR) is 64.0 cm³/mol. The molecular formula is C12H16F2N4O2. The maximum Gasteiger partial charge on any atom is 0.318 e. The number of nitrogens with zero attached hydrogens (tertiary/aromatic N) is 3. The van der Waals surface area contributed by atoms with Crippen LogP contribution in [0.3, 0.4) is 0 Å². The van der Waals surface area contributed by atoms with E-state index in [0.717, 1.165) is 38.6 Å². The summed E-state index contributed by atoms with van der Waals surface area (Å²) in [6, 6.07) is -0.185. The van der Waals surface area contributed by atoms with Crippen molar-refractivity contribution < 1.29 is 18.1 Å². The summed E-state index contributed by atoms with van der Waals surface area (Å²) in [7, 11) is 0. The molecule has 0 unspecified atom stereocenters. The number of carbonyl (C=O) groups is 1. The summed E-state index contributed by atoms with van der Waals surface area (Å²) in [6.45, 7) is 0.725. The van der Waals surface area contributed by atoms with E-state index in [1.165, 1.54) is 0 Å². The molecule has 2 aliphatic rings. The number of carbonyl (C=O) groups excluding carboxylic acids is 1. The van der Waals surface area contributed by atoms with Crippen LogP contribution in [0, 0.1) is 0 Å². The molecule has 1 aliphatic heterocycles. The molecule has 1 saturated heterocycles. The van der Waals surface area contributed by atoms with Crippen LogP contribution in [0.2, 0.25) is 0 Å². The molecule has 2 amide bonds. The fourth-order valence-corrected chi connectivity index (χ4v) is 3.08. The van der Waals surface area contributed by atoms with Crippen molar-refractivity contribution in [2.75, 3.05) is 6.54 Å². The molecule has 3 rings (SSSR count). The van der Waals surface area contributed by atoms with E-state index < -0.39 is 12.2 Å². The molecule has 0 atom stereocenters. The summed E-state index contributed by atoms with van der Waals surface area (Å²) in [5.74, 6) is -0.653. The zero-order valence-corrected chi connectivity index (χ0v) is 10.9. The van der Waals surface area contributed by atoms with Gasteiger partial charge < -0.3 is 14.7 Å². The Bertz CT molecular complexity index is 499. The minimum absolute atomic E-state index is 0.00496. The third kappa shape index (κ3) is 2.23. The zero-order chi connectivity index (χ0) is 14.2. The van der Waals surface area contributed by atoms with Crippen molar-refractivity contribution in [3.05, 3.63) is 11.7 Å². The Morgan fingerprint density at radius 2 is 2.15 bits per heavy atom. The second kappa shape index (κ2) is 4.99. The quantitative estimate of drug-likeness (QED) is 0.925. The lowest BCUT2D eigenvalue weighted by atomic mass is 9.83. The van der Waals surface area contributed by atoms with Gasteiger partial charge in [0.05, 0.1) is 6.54 Å². The number of likely N-dealkylation sites (tertiary alicyclic amines) is 1. The smallest absolute Gasteiger partial charge is 0.318 e. The molecule has 1 aromatic heterocycles. The molecule has 0 aromatic carbocycles. The van der Waals surface area contributed by atoms with Crippen LogP contribution in [0.1, 0.15) is 50.2 Å². The van der Waals surface area contributed by atoms with Gasteiger partial charge in [0.2, 0.25) is 11.7 Å². The van der Waals surface area contributed by atoms with E-state index in [1.54, 1.807) is 0 Å². The van der Waals surface area contributed by atoms with Gasteiger partial charge in [-0.05, 0) is 19.3 Å². The highest BCUT2D eigenvalue weighted by Crippen LogP contribution is 2.44. The van der Waals surface area contributed by atoms with Crippen molar-refractivity contribution in [1.82, 2.24) is 20.4 Å². The number of halogens is 2. The maximum atomic E-state index is 12.3. The molecular weight excluding hydrogens is 270 g/mol. The summed E-state index contributed by atoms with van der Waals surface area (Å²) in [6.07, 6.45) is 2.71. The van der Waals surface area contributed by atoms with E-state index in [9.17, 15) is 13.6 Å². The molecule has 2 fully saturated rings. The number of aromatic nitrogens is 2. The van der Waals surface area contributed by atoms with Gasteiger partial charge in [0.1, 0.15) is 0 Å². The van der Waals surface area contributed by atoms with Gasteiger partial charge in [0.25, 0.3) is 0 Å². The van der Waals surface area contributed by atoms with E-state index >= 15 is 0 Å². The van der Waals surface area contributed by atoms with E-state index in [2.05, 4.69) is 20.0 Å². The average molecular weight is 286 g/mol. The highest BCUT2D eigenvalue weighted by molar-refractivity contribution is 5.76. The first-order chi connectivity index (χ1) is 9.61. The van der Waals surface area contributed by atoms with Gasteiger partial charge in [-0.1, -0.05) is 18.0 Å². The molecule has 0 radical (unpaired) electrons. The molecule has 2 heterocycles. The minimum atomic E-state index is -2.76. The van der Waals surface area contributed by atoms with Gasteiger partial charge in [-0.15, -0.1) is 0 Å². The number of rotatable bonds is 3. The number of hydrogen-bond donors (Lipinski definition) is 1. The number of nitrogens with one attached hydrogen (secondary N) is 1. The van der Waals surface area contributed by atoms with Crippen LogP contribution >= 0.6 is 0 Å². The van der Waals surface area contributed by atoms with Gasteiger partial charge >= 0.3 is 12.5 Å². The Labute approximate surface area is 114 Å². The Kier molecular flexibility index (Phi) is 3.31. The molecule has 1 aliphatic carbocycles. The maximum absolute atomic E-state index is 12.3. The molecule has 0 bridgehead atoms. The monoisotopic (exact) mass is 286 g/mol. The van der Waals surface area contributed by atoms with E-state index in [4.69, 9.17) is 0 Å². The van der Waals surface area contributed by atoms with Crippen LogP contribution in [-0.2, 0) is 6.54 Å². The SMILES string of the molecule is O=C(NCc1nc(C(F)F)no1)N1CCC12CCCC2. The first-order valence-electron chi connectivity index (χ1n) is 6.77. The third-order valence-corrected chi connectivity index (χ3v) is 4.22. The Balaban J connectivity index is 1.54. The number of alkyl halides is 2. The fraction of sp³-hybridized carbons (Fsp3) is 0.750. The van der Waals surface area contributed by atoms with Gasteiger partial charge in [0, 0.05) is 12.1 Å². The number of urea groups is 1. The lowest BCUT2D eigenvalue weighted by Crippen LogP contribution is -2.62. The molecule has 110 valence electrons. The van der Waals surface area contributed by atoms with E-state index in [-0.39, 0.29) is 24.0 Å². The predicted octanol–water partition coefficient (Wildman–Crippen LogP) is 2.24. The summed E-state index contributed by atoms with van der Waals surface area (Å²) in [5.41, 5.74) is 0.0348. The van der Waals surface area contributed by atoms with Crippen LogP contribution in [-0.4, -0.2) is 33.2 Å². The fourth-order valence-electron chi connectivity index (χ4n) is 3.08. The van der Waals surface area contributed by atoms with Crippen LogP contribution in [0.25, 0.3) is 0 Å². The van der Waals surface area contributed by atoms with Crippen molar-refractivity contribution in [2.45, 2.75) is 50.6 Å². The Morgan fingerprint density at radius 3 is 2.70 bits per heavy atom. The molecule has 1 aromatic rings. The first-order valence-corrected chi connectivity index (χ1v) is 6.77. The topological polar surface area (TPSA) is 71.3 Å². The summed E-state index contributed by atoms with van der Waals surface area (Å²) >= 11 is 0. The highest BCUT2D eigenvalue weighted by atomic mass is 19.3. The average Bonchev–Trinajstić information content (AvgIpc) is 3.05. The van der Waals surface area contributed by atoms with Gasteiger partial charge in [-0.25, -0.2) is 13.6 Å². The van der Waals surface area contributed by atoms with Crippen LogP contribution in [0.15, 0.2) is 4.52 Å². The molecule has 1 N–H and O–H groups in total. The Hall–Kier alpha value is -1.73. The molecule has 1 spiro atoms. The first kappa shape index (κ1) is 13.3. The van der Waals surface area contributed by atoms with E-state index in [1.807, 2.05) is 4.90 Å². The number of hydrogen-bond acceptors (Lipinski definition) is 4. The third-order valence-electron chi connectivity index (χ3n) is 4.22. The molecule has 20 heavy (non-hydrogen) atoms. The van der Waals surface area contributed by atoms with Gasteiger partial charge in [-0.2, -0.15) is 4.98 Å². The van der Waals surface area contributed by atoms with Crippen molar-refractivity contribution in [3.63, 3.8) is 0 Å². The van der Waals surface area contributed by atoms with E-state index in [0.29, 0.717) is 0 Å². The van der Waals surface area contributed by atoms with Crippen molar-refractivity contribution in [3.8, 4) is 0 Å². The Morgan fingerprint density at radius 1 is 1.40 bits per heavy atom. The lowest BCUT2D eigenvalue weighted by Gasteiger charge is -2.50. The largest absolute Gasteiger partial charge is 0.337 e. The van der Waals surface area contributed by atoms with Crippen molar-refractivity contribution in [2.24, 2.45) is 0 Å². The van der Waals surface area contributed by atoms with Gasteiger partial charge in [0.15, 0.2) is 0 Å². The second-order valence-corrected chi connectivity index (χ2v) is 5.34. The highest BCUT2D eigenvalue weighted by Gasteiger charge is 2.48. The summed E-state index contributed by atoms with van der Waals surface area (Å²) < 4.78 is 29.2. The van der Waals surface area contributed by atoms with Crippen LogP contribution in [0.4, 0.5) is 13.6 Å². The van der Waals surface area contributed by atoms with Crippen molar-refractivity contribution >= 4 is 6.03 Å². The van der Waals surface area contributed by atoms with Gasteiger partial charge in [-0.3, -0.25) is 0 Å². The zero-order valence-electron chi connectivity index (χ0n) is 10.9. The second-order valence-electron chi connectivity index (χ2n) is 5.34. The molecule has 8 heteroatoms. The summed E-state index contributed by atoms with van der Waals surface area (Å²) in [4.78, 5) is 17.4. The normalized spacial score (nSPS) is 20.4. The van der Waals surface area contributed by atoms with Crippen LogP contribution in [0.5, 0.6) is 0 Å². The molecule has 6 nitrogen and oxygen atoms in total.